The zero-order valence-corrected chi connectivity index (χ0v) is 9.16. The van der Waals surface area contributed by atoms with Gasteiger partial charge >= 0.3 is 0 Å². The molecule has 0 saturated heterocycles. The lowest BCUT2D eigenvalue weighted by atomic mass is 10.0. The van der Waals surface area contributed by atoms with E-state index in [2.05, 4.69) is 26.0 Å². The van der Waals surface area contributed by atoms with Gasteiger partial charge in [0.2, 0.25) is 0 Å². The van der Waals surface area contributed by atoms with Crippen LogP contribution in [0, 0.1) is 0 Å². The monoisotopic (exact) mass is 192 g/mol. The Labute approximate surface area is 86.8 Å². The summed E-state index contributed by atoms with van der Waals surface area (Å²) in [7, 11) is 0. The number of hydrogen-bond donors (Lipinski definition) is 1. The van der Waals surface area contributed by atoms with Crippen LogP contribution >= 0.6 is 0 Å². The summed E-state index contributed by atoms with van der Waals surface area (Å²) < 4.78 is 0. The van der Waals surface area contributed by atoms with E-state index in [0.717, 1.165) is 24.8 Å². The maximum atomic E-state index is 9.74. The van der Waals surface area contributed by atoms with Crippen LogP contribution in [0.25, 0.3) is 0 Å². The van der Waals surface area contributed by atoms with Crippen LogP contribution in [0.15, 0.2) is 24.3 Å². The Balaban J connectivity index is 2.62. The van der Waals surface area contributed by atoms with E-state index in [-0.39, 0.29) is 6.10 Å². The highest BCUT2D eigenvalue weighted by Gasteiger charge is 2.04. The predicted molar refractivity (Wildman–Crippen MR) is 60.3 cm³/mol. The topological polar surface area (TPSA) is 20.2 Å². The normalized spacial score (nSPS) is 12.8. The molecule has 1 atom stereocenters. The van der Waals surface area contributed by atoms with Crippen molar-refractivity contribution < 1.29 is 5.11 Å². The number of aliphatic hydroxyl groups is 1. The van der Waals surface area contributed by atoms with Gasteiger partial charge in [-0.25, -0.2) is 0 Å². The van der Waals surface area contributed by atoms with Gasteiger partial charge in [-0.15, -0.1) is 0 Å². The highest BCUT2D eigenvalue weighted by Crippen LogP contribution is 2.18. The van der Waals surface area contributed by atoms with Gasteiger partial charge < -0.3 is 5.11 Å². The highest BCUT2D eigenvalue weighted by molar-refractivity contribution is 5.24. The Morgan fingerprint density at radius 1 is 1.07 bits per heavy atom. The summed E-state index contributed by atoms with van der Waals surface area (Å²) in [6.45, 7) is 4.27. The van der Waals surface area contributed by atoms with E-state index in [1.165, 1.54) is 12.0 Å². The molecule has 1 aromatic rings. The molecule has 0 fully saturated rings. The largest absolute Gasteiger partial charge is 0.388 e. The van der Waals surface area contributed by atoms with Gasteiger partial charge in [-0.2, -0.15) is 0 Å². The van der Waals surface area contributed by atoms with Crippen LogP contribution in [-0.4, -0.2) is 5.11 Å². The highest BCUT2D eigenvalue weighted by atomic mass is 16.3. The summed E-state index contributed by atoms with van der Waals surface area (Å²) in [5, 5.41) is 9.74. The van der Waals surface area contributed by atoms with Gasteiger partial charge in [0, 0.05) is 0 Å². The summed E-state index contributed by atoms with van der Waals surface area (Å²) in [6.07, 6.45) is 3.90. The van der Waals surface area contributed by atoms with E-state index in [0.29, 0.717) is 0 Å². The molecule has 0 saturated carbocycles. The number of aryl methyl sites for hydroxylation is 1. The number of benzene rings is 1. The first-order valence-electron chi connectivity index (χ1n) is 5.54. The zero-order valence-electron chi connectivity index (χ0n) is 9.16. The Morgan fingerprint density at radius 2 is 1.71 bits per heavy atom. The second kappa shape index (κ2) is 5.82. The van der Waals surface area contributed by atoms with Crippen LogP contribution in [-0.2, 0) is 6.42 Å². The fraction of sp³-hybridized carbons (Fsp3) is 0.538. The fourth-order valence-corrected chi connectivity index (χ4v) is 1.64. The van der Waals surface area contributed by atoms with Crippen molar-refractivity contribution in [3.8, 4) is 0 Å². The Kier molecular flexibility index (Phi) is 4.68. The SMILES string of the molecule is CCCc1ccc([C@@H](O)CCC)cc1. The second-order valence-corrected chi connectivity index (χ2v) is 3.80. The van der Waals surface area contributed by atoms with E-state index < -0.39 is 0 Å². The predicted octanol–water partition coefficient (Wildman–Crippen LogP) is 3.47. The first-order chi connectivity index (χ1) is 6.77. The van der Waals surface area contributed by atoms with Gasteiger partial charge in [0.05, 0.1) is 6.10 Å². The zero-order chi connectivity index (χ0) is 10.4. The summed E-state index contributed by atoms with van der Waals surface area (Å²) in [6, 6.07) is 8.34. The maximum absolute atomic E-state index is 9.74. The number of hydrogen-bond acceptors (Lipinski definition) is 1. The maximum Gasteiger partial charge on any atom is 0.0790 e. The molecule has 0 aliphatic heterocycles. The molecule has 1 rings (SSSR count). The third-order valence-corrected chi connectivity index (χ3v) is 2.47. The smallest absolute Gasteiger partial charge is 0.0790 e. The van der Waals surface area contributed by atoms with E-state index in [4.69, 9.17) is 0 Å². The van der Waals surface area contributed by atoms with Crippen LogP contribution in [0.2, 0.25) is 0 Å². The summed E-state index contributed by atoms with van der Waals surface area (Å²) in [4.78, 5) is 0. The molecule has 0 aliphatic carbocycles. The van der Waals surface area contributed by atoms with E-state index in [1.807, 2.05) is 12.1 Å². The Bertz CT molecular complexity index is 250. The molecule has 14 heavy (non-hydrogen) atoms. The minimum atomic E-state index is -0.282. The van der Waals surface area contributed by atoms with Crippen LogP contribution in [0.5, 0.6) is 0 Å². The summed E-state index contributed by atoms with van der Waals surface area (Å²) >= 11 is 0. The van der Waals surface area contributed by atoms with E-state index in [9.17, 15) is 5.11 Å². The second-order valence-electron chi connectivity index (χ2n) is 3.80. The summed E-state index contributed by atoms with van der Waals surface area (Å²) in [5.74, 6) is 0. The van der Waals surface area contributed by atoms with Crippen molar-refractivity contribution in [2.24, 2.45) is 0 Å². The lowest BCUT2D eigenvalue weighted by Crippen LogP contribution is -1.96. The van der Waals surface area contributed by atoms with E-state index in [1.54, 1.807) is 0 Å². The van der Waals surface area contributed by atoms with Crippen molar-refractivity contribution in [1.82, 2.24) is 0 Å². The molecule has 0 aromatic heterocycles. The molecule has 1 heteroatoms. The standard InChI is InChI=1S/C13H20O/c1-3-5-11-7-9-12(10-8-11)13(14)6-4-2/h7-10,13-14H,3-6H2,1-2H3/t13-/m0/s1. The fourth-order valence-electron chi connectivity index (χ4n) is 1.64. The van der Waals surface area contributed by atoms with E-state index >= 15 is 0 Å². The molecule has 0 unspecified atom stereocenters. The first kappa shape index (κ1) is 11.3. The molecule has 0 spiro atoms. The lowest BCUT2D eigenvalue weighted by Gasteiger charge is -2.09. The van der Waals surface area contributed by atoms with Crippen LogP contribution in [0.1, 0.15) is 50.3 Å². The van der Waals surface area contributed by atoms with Crippen LogP contribution in [0.3, 0.4) is 0 Å². The Hall–Kier alpha value is -0.820. The van der Waals surface area contributed by atoms with Gasteiger partial charge in [-0.3, -0.25) is 0 Å². The van der Waals surface area contributed by atoms with Crippen molar-refractivity contribution in [2.45, 2.75) is 45.6 Å². The van der Waals surface area contributed by atoms with Gasteiger partial charge in [-0.05, 0) is 24.0 Å². The van der Waals surface area contributed by atoms with Gasteiger partial charge in [0.25, 0.3) is 0 Å². The molecule has 0 aliphatic rings. The summed E-state index contributed by atoms with van der Waals surface area (Å²) in [5.41, 5.74) is 2.41. The molecular formula is C13H20O. The molecule has 0 radical (unpaired) electrons. The molecule has 1 aromatic carbocycles. The quantitative estimate of drug-likeness (QED) is 0.757. The average molecular weight is 192 g/mol. The third-order valence-electron chi connectivity index (χ3n) is 2.47. The van der Waals surface area contributed by atoms with Crippen molar-refractivity contribution in [3.63, 3.8) is 0 Å². The molecule has 0 bridgehead atoms. The molecule has 0 heterocycles. The van der Waals surface area contributed by atoms with Crippen LogP contribution < -0.4 is 0 Å². The molecule has 0 amide bonds. The molecule has 78 valence electrons. The van der Waals surface area contributed by atoms with Gasteiger partial charge in [-0.1, -0.05) is 51.0 Å². The minimum Gasteiger partial charge on any atom is -0.388 e. The van der Waals surface area contributed by atoms with Crippen molar-refractivity contribution in [3.05, 3.63) is 35.4 Å². The lowest BCUT2D eigenvalue weighted by molar-refractivity contribution is 0.166. The molecule has 1 N–H and O–H groups in total. The Morgan fingerprint density at radius 3 is 2.21 bits per heavy atom. The number of rotatable bonds is 5. The van der Waals surface area contributed by atoms with Crippen molar-refractivity contribution in [1.29, 1.82) is 0 Å². The van der Waals surface area contributed by atoms with Gasteiger partial charge in [0.1, 0.15) is 0 Å². The number of aliphatic hydroxyl groups excluding tert-OH is 1. The van der Waals surface area contributed by atoms with Crippen molar-refractivity contribution >= 4 is 0 Å². The molecule has 1 nitrogen and oxygen atoms in total. The first-order valence-corrected chi connectivity index (χ1v) is 5.54. The van der Waals surface area contributed by atoms with Crippen molar-refractivity contribution in [2.75, 3.05) is 0 Å². The average Bonchev–Trinajstić information content (AvgIpc) is 2.20. The molecular weight excluding hydrogens is 172 g/mol. The van der Waals surface area contributed by atoms with Crippen LogP contribution in [0.4, 0.5) is 0 Å². The van der Waals surface area contributed by atoms with Gasteiger partial charge in [0.15, 0.2) is 0 Å². The third kappa shape index (κ3) is 3.15. The minimum absolute atomic E-state index is 0.282.